The van der Waals surface area contributed by atoms with Gasteiger partial charge in [0.05, 0.1) is 11.8 Å². The maximum Gasteiger partial charge on any atom is 0.307 e. The third kappa shape index (κ3) is 3.59. The number of fused-ring (bicyclic) bond motifs is 1. The van der Waals surface area contributed by atoms with Crippen molar-refractivity contribution in [3.63, 3.8) is 0 Å². The number of carboxylic acids is 1. The van der Waals surface area contributed by atoms with Crippen LogP contribution in [0.15, 0.2) is 54.2 Å². The minimum Gasteiger partial charge on any atom is -0.481 e. The molecule has 0 unspecified atom stereocenters. The van der Waals surface area contributed by atoms with Crippen LogP contribution in [0, 0.1) is 13.8 Å². The van der Waals surface area contributed by atoms with Crippen molar-refractivity contribution in [3.8, 4) is 11.1 Å². The fourth-order valence-electron chi connectivity index (χ4n) is 3.30. The summed E-state index contributed by atoms with van der Waals surface area (Å²) in [6.45, 7) is 4.20. The van der Waals surface area contributed by atoms with E-state index in [0.717, 1.165) is 32.8 Å². The summed E-state index contributed by atoms with van der Waals surface area (Å²) >= 11 is 1.60. The third-order valence-electron chi connectivity index (χ3n) is 4.61. The molecule has 28 heavy (non-hydrogen) atoms. The number of rotatable bonds is 5. The Hall–Kier alpha value is -3.25. The maximum absolute atomic E-state index is 10.9. The lowest BCUT2D eigenvalue weighted by Crippen LogP contribution is -2.00. The fraction of sp³-hybridized carbons (Fsp3) is 0.136. The summed E-state index contributed by atoms with van der Waals surface area (Å²) in [5, 5.41) is 15.4. The number of aromatic nitrogens is 2. The van der Waals surface area contributed by atoms with Crippen LogP contribution in [-0.2, 0) is 11.2 Å². The molecule has 5 nitrogen and oxygen atoms in total. The summed E-state index contributed by atoms with van der Waals surface area (Å²) in [5.41, 5.74) is 6.35. The first-order valence-electron chi connectivity index (χ1n) is 8.89. The number of hydrogen-bond acceptors (Lipinski definition) is 5. The number of carbonyl (C=O) groups is 1. The molecule has 2 N–H and O–H groups in total. The van der Waals surface area contributed by atoms with Crippen molar-refractivity contribution in [2.24, 2.45) is 0 Å². The molecule has 0 spiro atoms. The first-order chi connectivity index (χ1) is 13.5. The van der Waals surface area contributed by atoms with Gasteiger partial charge in [0, 0.05) is 16.6 Å². The zero-order valence-corrected chi connectivity index (χ0v) is 16.4. The summed E-state index contributed by atoms with van der Waals surface area (Å²) < 4.78 is 0. The molecular weight excluding hydrogens is 370 g/mol. The minimum absolute atomic E-state index is 0.0133. The summed E-state index contributed by atoms with van der Waals surface area (Å²) in [7, 11) is 0. The number of carboxylic acid groups (broad SMARTS) is 1. The largest absolute Gasteiger partial charge is 0.481 e. The lowest BCUT2D eigenvalue weighted by Gasteiger charge is -2.10. The third-order valence-corrected chi connectivity index (χ3v) is 5.50. The summed E-state index contributed by atoms with van der Waals surface area (Å²) in [5.74, 6) is -0.0955. The maximum atomic E-state index is 10.9. The van der Waals surface area contributed by atoms with Crippen LogP contribution in [0.25, 0.3) is 21.3 Å². The van der Waals surface area contributed by atoms with Crippen LogP contribution in [0.2, 0.25) is 0 Å². The Morgan fingerprint density at radius 3 is 2.57 bits per heavy atom. The van der Waals surface area contributed by atoms with Crippen molar-refractivity contribution >= 4 is 39.0 Å². The van der Waals surface area contributed by atoms with E-state index in [4.69, 9.17) is 5.11 Å². The number of aliphatic carboxylic acids is 1. The van der Waals surface area contributed by atoms with Gasteiger partial charge in [-0.05, 0) is 42.7 Å². The highest BCUT2D eigenvalue weighted by molar-refractivity contribution is 7.17. The quantitative estimate of drug-likeness (QED) is 0.481. The second-order valence-corrected chi connectivity index (χ2v) is 7.62. The van der Waals surface area contributed by atoms with Crippen LogP contribution in [0.3, 0.4) is 0 Å². The molecule has 4 rings (SSSR count). The molecule has 0 bridgehead atoms. The molecule has 0 saturated heterocycles. The molecule has 2 aromatic carbocycles. The predicted molar refractivity (Wildman–Crippen MR) is 113 cm³/mol. The van der Waals surface area contributed by atoms with Crippen LogP contribution in [0.4, 0.5) is 11.5 Å². The summed E-state index contributed by atoms with van der Waals surface area (Å²) in [4.78, 5) is 20.7. The Kier molecular flexibility index (Phi) is 4.79. The molecule has 0 amide bonds. The molecule has 0 atom stereocenters. The molecule has 0 radical (unpaired) electrons. The van der Waals surface area contributed by atoms with Gasteiger partial charge in [-0.25, -0.2) is 9.97 Å². The van der Waals surface area contributed by atoms with Crippen molar-refractivity contribution in [3.05, 3.63) is 70.9 Å². The van der Waals surface area contributed by atoms with E-state index in [1.54, 1.807) is 17.7 Å². The monoisotopic (exact) mass is 389 g/mol. The van der Waals surface area contributed by atoms with Crippen molar-refractivity contribution < 1.29 is 9.90 Å². The van der Waals surface area contributed by atoms with Gasteiger partial charge in [0.25, 0.3) is 0 Å². The number of anilines is 2. The highest BCUT2D eigenvalue weighted by atomic mass is 32.1. The Morgan fingerprint density at radius 2 is 1.86 bits per heavy atom. The predicted octanol–water partition coefficient (Wildman–Crippen LogP) is 5.35. The highest BCUT2D eigenvalue weighted by Crippen LogP contribution is 2.38. The molecule has 0 aliphatic heterocycles. The van der Waals surface area contributed by atoms with Gasteiger partial charge in [-0.2, -0.15) is 0 Å². The van der Waals surface area contributed by atoms with Gasteiger partial charge in [0.1, 0.15) is 17.0 Å². The van der Waals surface area contributed by atoms with Crippen molar-refractivity contribution in [1.82, 2.24) is 9.97 Å². The van der Waals surface area contributed by atoms with E-state index in [2.05, 4.69) is 52.7 Å². The Balaban J connectivity index is 1.74. The van der Waals surface area contributed by atoms with Crippen LogP contribution >= 0.6 is 11.3 Å². The highest BCUT2D eigenvalue weighted by Gasteiger charge is 2.15. The Bertz CT molecular complexity index is 1170. The molecule has 6 heteroatoms. The lowest BCUT2D eigenvalue weighted by atomic mass is 9.99. The zero-order valence-electron chi connectivity index (χ0n) is 15.6. The molecule has 0 aliphatic carbocycles. The van der Waals surface area contributed by atoms with Crippen LogP contribution < -0.4 is 5.32 Å². The number of thiophene rings is 1. The topological polar surface area (TPSA) is 75.1 Å². The first-order valence-corrected chi connectivity index (χ1v) is 9.77. The number of hydrogen-bond donors (Lipinski definition) is 2. The second-order valence-electron chi connectivity index (χ2n) is 6.76. The van der Waals surface area contributed by atoms with Gasteiger partial charge in [-0.3, -0.25) is 4.79 Å². The lowest BCUT2D eigenvalue weighted by molar-refractivity contribution is -0.136. The van der Waals surface area contributed by atoms with E-state index in [9.17, 15) is 4.79 Å². The summed E-state index contributed by atoms with van der Waals surface area (Å²) in [6.07, 6.45) is 1.57. The number of aryl methyl sites for hydroxylation is 2. The van der Waals surface area contributed by atoms with E-state index in [0.29, 0.717) is 0 Å². The van der Waals surface area contributed by atoms with Crippen LogP contribution in [0.5, 0.6) is 0 Å². The van der Waals surface area contributed by atoms with Gasteiger partial charge >= 0.3 is 5.97 Å². The van der Waals surface area contributed by atoms with E-state index in [1.807, 2.05) is 24.3 Å². The fourth-order valence-corrected chi connectivity index (χ4v) is 4.21. The van der Waals surface area contributed by atoms with E-state index in [-0.39, 0.29) is 6.42 Å². The van der Waals surface area contributed by atoms with Gasteiger partial charge in [0.15, 0.2) is 0 Å². The smallest absolute Gasteiger partial charge is 0.307 e. The molecule has 2 heterocycles. The molecule has 2 aromatic heterocycles. The number of benzene rings is 2. The molecule has 0 saturated carbocycles. The normalized spacial score (nSPS) is 10.9. The van der Waals surface area contributed by atoms with Crippen molar-refractivity contribution in [2.45, 2.75) is 20.3 Å². The van der Waals surface area contributed by atoms with E-state index < -0.39 is 5.97 Å². The van der Waals surface area contributed by atoms with E-state index >= 15 is 0 Å². The molecule has 140 valence electrons. The Labute approximate surface area is 166 Å². The average molecular weight is 389 g/mol. The second kappa shape index (κ2) is 7.40. The van der Waals surface area contributed by atoms with Gasteiger partial charge < -0.3 is 10.4 Å². The first kappa shape index (κ1) is 18.1. The minimum atomic E-state index is -0.838. The van der Waals surface area contributed by atoms with E-state index in [1.165, 1.54) is 16.7 Å². The van der Waals surface area contributed by atoms with Crippen molar-refractivity contribution in [1.29, 1.82) is 0 Å². The van der Waals surface area contributed by atoms with Gasteiger partial charge in [0.2, 0.25) is 0 Å². The Morgan fingerprint density at radius 1 is 1.07 bits per heavy atom. The average Bonchev–Trinajstić information content (AvgIpc) is 3.08. The van der Waals surface area contributed by atoms with Crippen LogP contribution in [0.1, 0.15) is 16.7 Å². The standard InChI is InChI=1S/C22H19N3O2S/c1-13-3-8-17(14(2)9-13)18-11-28-22-20(18)21(23-12-24-22)25-16-6-4-15(5-7-16)10-19(26)27/h3-9,11-12H,10H2,1-2H3,(H,26,27)(H,23,24,25). The van der Waals surface area contributed by atoms with Gasteiger partial charge in [-0.1, -0.05) is 35.9 Å². The molecule has 0 fully saturated rings. The van der Waals surface area contributed by atoms with Crippen molar-refractivity contribution in [2.75, 3.05) is 5.32 Å². The van der Waals surface area contributed by atoms with Gasteiger partial charge in [-0.15, -0.1) is 11.3 Å². The molecule has 4 aromatic rings. The number of nitrogens with one attached hydrogen (secondary N) is 1. The van der Waals surface area contributed by atoms with Crippen LogP contribution in [-0.4, -0.2) is 21.0 Å². The molecular formula is C22H19N3O2S. The molecule has 0 aliphatic rings. The summed E-state index contributed by atoms with van der Waals surface area (Å²) in [6, 6.07) is 13.8. The zero-order chi connectivity index (χ0) is 19.7. The SMILES string of the molecule is Cc1ccc(-c2csc3ncnc(Nc4ccc(CC(=O)O)cc4)c23)c(C)c1. The number of nitrogens with zero attached hydrogens (tertiary/aromatic N) is 2.